The summed E-state index contributed by atoms with van der Waals surface area (Å²) in [7, 11) is -0.789. The van der Waals surface area contributed by atoms with Crippen LogP contribution in [0, 0.1) is 5.82 Å². The number of nitrogen functional groups attached to an aromatic ring is 1. The second kappa shape index (κ2) is 5.70. The van der Waals surface area contributed by atoms with Crippen LogP contribution in [0.4, 0.5) is 15.8 Å². The maximum Gasteiger partial charge on any atom is 0.125 e. The Kier molecular flexibility index (Phi) is 4.55. The van der Waals surface area contributed by atoms with Gasteiger partial charge in [-0.1, -0.05) is 6.92 Å². The molecule has 0 amide bonds. The molecule has 1 aromatic carbocycles. The van der Waals surface area contributed by atoms with E-state index in [-0.39, 0.29) is 5.82 Å². The summed E-state index contributed by atoms with van der Waals surface area (Å²) >= 11 is 0. The SMILES string of the molecule is CCS(=O)CCNc1ccc(F)cc1N. The van der Waals surface area contributed by atoms with Crippen LogP contribution in [0.5, 0.6) is 0 Å². The Bertz CT molecular complexity index is 357. The molecule has 1 unspecified atom stereocenters. The molecule has 5 heteroatoms. The summed E-state index contributed by atoms with van der Waals surface area (Å²) in [4.78, 5) is 0. The predicted molar refractivity (Wildman–Crippen MR) is 62.9 cm³/mol. The number of benzene rings is 1. The molecular formula is C10H15FN2OS. The molecular weight excluding hydrogens is 215 g/mol. The van der Waals surface area contributed by atoms with Crippen LogP contribution in [0.2, 0.25) is 0 Å². The highest BCUT2D eigenvalue weighted by Crippen LogP contribution is 2.18. The first kappa shape index (κ1) is 12.0. The first-order chi connectivity index (χ1) is 7.13. The second-order valence-electron chi connectivity index (χ2n) is 3.09. The van der Waals surface area contributed by atoms with Crippen molar-refractivity contribution in [2.75, 3.05) is 29.1 Å². The summed E-state index contributed by atoms with van der Waals surface area (Å²) in [5.74, 6) is 0.878. The average Bonchev–Trinajstić information content (AvgIpc) is 2.21. The normalized spacial score (nSPS) is 12.4. The number of hydrogen-bond donors (Lipinski definition) is 2. The first-order valence-electron chi connectivity index (χ1n) is 4.77. The third kappa shape index (κ3) is 3.87. The molecule has 1 rings (SSSR count). The lowest BCUT2D eigenvalue weighted by Gasteiger charge is -2.08. The van der Waals surface area contributed by atoms with E-state index in [1.165, 1.54) is 12.1 Å². The maximum atomic E-state index is 12.7. The van der Waals surface area contributed by atoms with Gasteiger partial charge in [-0.25, -0.2) is 4.39 Å². The Morgan fingerprint density at radius 2 is 2.27 bits per heavy atom. The highest BCUT2D eigenvalue weighted by Gasteiger charge is 2.01. The Balaban J connectivity index is 2.47. The molecule has 3 nitrogen and oxygen atoms in total. The zero-order valence-corrected chi connectivity index (χ0v) is 9.44. The van der Waals surface area contributed by atoms with Crippen molar-refractivity contribution in [3.05, 3.63) is 24.0 Å². The highest BCUT2D eigenvalue weighted by molar-refractivity contribution is 7.84. The molecule has 0 saturated heterocycles. The van der Waals surface area contributed by atoms with Gasteiger partial charge in [-0.05, 0) is 18.2 Å². The van der Waals surface area contributed by atoms with Crippen LogP contribution in [0.1, 0.15) is 6.92 Å². The van der Waals surface area contributed by atoms with E-state index in [0.717, 1.165) is 0 Å². The minimum Gasteiger partial charge on any atom is -0.397 e. The molecule has 0 heterocycles. The second-order valence-corrected chi connectivity index (χ2v) is 4.96. The van der Waals surface area contributed by atoms with Crippen LogP contribution in [0.25, 0.3) is 0 Å². The van der Waals surface area contributed by atoms with Crippen molar-refractivity contribution in [3.8, 4) is 0 Å². The zero-order chi connectivity index (χ0) is 11.3. The van der Waals surface area contributed by atoms with E-state index in [9.17, 15) is 8.60 Å². The van der Waals surface area contributed by atoms with Crippen LogP contribution in [0.15, 0.2) is 18.2 Å². The van der Waals surface area contributed by atoms with Gasteiger partial charge < -0.3 is 11.1 Å². The fourth-order valence-electron chi connectivity index (χ4n) is 1.14. The van der Waals surface area contributed by atoms with Crippen molar-refractivity contribution in [2.45, 2.75) is 6.92 Å². The van der Waals surface area contributed by atoms with E-state index < -0.39 is 10.8 Å². The van der Waals surface area contributed by atoms with Gasteiger partial charge in [0.15, 0.2) is 0 Å². The molecule has 3 N–H and O–H groups in total. The summed E-state index contributed by atoms with van der Waals surface area (Å²) in [6, 6.07) is 4.19. The van der Waals surface area contributed by atoms with Crippen molar-refractivity contribution < 1.29 is 8.60 Å². The van der Waals surface area contributed by atoms with Crippen LogP contribution in [0.3, 0.4) is 0 Å². The average molecular weight is 230 g/mol. The molecule has 1 atom stereocenters. The third-order valence-corrected chi connectivity index (χ3v) is 3.28. The number of hydrogen-bond acceptors (Lipinski definition) is 3. The number of rotatable bonds is 5. The Morgan fingerprint density at radius 1 is 1.53 bits per heavy atom. The standard InChI is InChI=1S/C10H15FN2OS/c1-2-15(14)6-5-13-10-4-3-8(11)7-9(10)12/h3-4,7,13H,2,5-6,12H2,1H3. The van der Waals surface area contributed by atoms with Gasteiger partial charge in [0.05, 0.1) is 11.4 Å². The minimum atomic E-state index is -0.789. The summed E-state index contributed by atoms with van der Waals surface area (Å²) in [6.45, 7) is 2.46. The lowest BCUT2D eigenvalue weighted by atomic mass is 10.2. The van der Waals surface area contributed by atoms with Gasteiger partial charge >= 0.3 is 0 Å². The van der Waals surface area contributed by atoms with Crippen LogP contribution < -0.4 is 11.1 Å². The van der Waals surface area contributed by atoms with Gasteiger partial charge in [0.25, 0.3) is 0 Å². The van der Waals surface area contributed by atoms with Crippen LogP contribution in [-0.4, -0.2) is 22.3 Å². The largest absolute Gasteiger partial charge is 0.397 e. The number of nitrogens with two attached hydrogens (primary N) is 1. The highest BCUT2D eigenvalue weighted by atomic mass is 32.2. The van der Waals surface area contributed by atoms with E-state index in [0.29, 0.717) is 29.4 Å². The summed E-state index contributed by atoms with van der Waals surface area (Å²) in [6.07, 6.45) is 0. The number of anilines is 2. The van der Waals surface area contributed by atoms with E-state index in [1.54, 1.807) is 6.07 Å². The van der Waals surface area contributed by atoms with Crippen molar-refractivity contribution in [1.82, 2.24) is 0 Å². The van der Waals surface area contributed by atoms with E-state index in [4.69, 9.17) is 5.73 Å². The Morgan fingerprint density at radius 3 is 2.87 bits per heavy atom. The molecule has 84 valence electrons. The molecule has 15 heavy (non-hydrogen) atoms. The maximum absolute atomic E-state index is 12.7. The molecule has 0 radical (unpaired) electrons. The van der Waals surface area contributed by atoms with Crippen molar-refractivity contribution in [2.24, 2.45) is 0 Å². The Hall–Kier alpha value is -1.10. The molecule has 0 aliphatic rings. The van der Waals surface area contributed by atoms with E-state index >= 15 is 0 Å². The molecule has 0 aliphatic carbocycles. The van der Waals surface area contributed by atoms with Gasteiger partial charge in [-0.15, -0.1) is 0 Å². The molecule has 0 saturated carbocycles. The summed E-state index contributed by atoms with van der Waals surface area (Å²) in [5.41, 5.74) is 6.65. The smallest absolute Gasteiger partial charge is 0.125 e. The fraction of sp³-hybridized carbons (Fsp3) is 0.400. The lowest BCUT2D eigenvalue weighted by molar-refractivity contribution is 0.628. The van der Waals surface area contributed by atoms with Gasteiger partial charge in [0.1, 0.15) is 5.82 Å². The van der Waals surface area contributed by atoms with E-state index in [2.05, 4.69) is 5.32 Å². The number of halogens is 1. The summed E-state index contributed by atoms with van der Waals surface area (Å²) in [5, 5.41) is 3.02. The number of nitrogens with one attached hydrogen (secondary N) is 1. The van der Waals surface area contributed by atoms with Crippen molar-refractivity contribution in [3.63, 3.8) is 0 Å². The lowest BCUT2D eigenvalue weighted by Crippen LogP contribution is -2.12. The third-order valence-electron chi connectivity index (χ3n) is 1.98. The fourth-order valence-corrected chi connectivity index (χ4v) is 1.76. The Labute approximate surface area is 91.3 Å². The molecule has 0 fully saturated rings. The molecule has 0 spiro atoms. The predicted octanol–water partition coefficient (Wildman–Crippen LogP) is 1.59. The van der Waals surface area contributed by atoms with Gasteiger partial charge in [-0.3, -0.25) is 4.21 Å². The summed E-state index contributed by atoms with van der Waals surface area (Å²) < 4.78 is 23.8. The topological polar surface area (TPSA) is 55.1 Å². The minimum absolute atomic E-state index is 0.352. The van der Waals surface area contributed by atoms with Crippen LogP contribution >= 0.6 is 0 Å². The van der Waals surface area contributed by atoms with Gasteiger partial charge in [-0.2, -0.15) is 0 Å². The molecule has 0 bridgehead atoms. The first-order valence-corrected chi connectivity index (χ1v) is 6.26. The zero-order valence-electron chi connectivity index (χ0n) is 8.63. The van der Waals surface area contributed by atoms with Crippen molar-refractivity contribution >= 4 is 22.2 Å². The van der Waals surface area contributed by atoms with Gasteiger partial charge in [0.2, 0.25) is 0 Å². The monoisotopic (exact) mass is 230 g/mol. The molecule has 1 aromatic rings. The molecule has 0 aromatic heterocycles. The van der Waals surface area contributed by atoms with Gasteiger partial charge in [0, 0.05) is 28.9 Å². The van der Waals surface area contributed by atoms with E-state index in [1.807, 2.05) is 6.92 Å². The van der Waals surface area contributed by atoms with Crippen molar-refractivity contribution in [1.29, 1.82) is 0 Å². The quantitative estimate of drug-likeness (QED) is 0.755. The molecule has 0 aliphatic heterocycles. The van der Waals surface area contributed by atoms with Crippen LogP contribution in [-0.2, 0) is 10.8 Å².